The molecule has 3 nitrogen and oxygen atoms in total. The number of rotatable bonds is 11. The molecule has 0 unspecified atom stereocenters. The molecule has 0 fully saturated rings. The molecule has 0 bridgehead atoms. The van der Waals surface area contributed by atoms with Gasteiger partial charge in [-0.2, -0.15) is 0 Å². The van der Waals surface area contributed by atoms with E-state index in [1.54, 1.807) is 30.5 Å². The van der Waals surface area contributed by atoms with E-state index in [9.17, 15) is 4.79 Å². The Morgan fingerprint density at radius 3 is 2.48 bits per heavy atom. The van der Waals surface area contributed by atoms with Crippen LogP contribution in [-0.2, 0) is 0 Å². The third-order valence-corrected chi connectivity index (χ3v) is 3.38. The number of benzene rings is 1. The van der Waals surface area contributed by atoms with Crippen LogP contribution in [0.1, 0.15) is 68.6 Å². The summed E-state index contributed by atoms with van der Waals surface area (Å²) in [5.41, 5.74) is 0.193. The summed E-state index contributed by atoms with van der Waals surface area (Å²) in [6.45, 7) is 2.23. The molecule has 0 aromatic heterocycles. The number of ether oxygens (including phenoxy) is 1. The highest BCUT2D eigenvalue weighted by atomic mass is 16.5. The second-order valence-corrected chi connectivity index (χ2v) is 5.20. The summed E-state index contributed by atoms with van der Waals surface area (Å²) in [5, 5.41) is 9.02. The molecule has 0 amide bonds. The smallest absolute Gasteiger partial charge is 0.339 e. The number of carboxylic acids is 1. The molecule has 1 aromatic rings. The standard InChI is InChI=1S/C18H26O3/c1-2-3-4-5-6-7-8-9-12-15-21-17-14-11-10-13-16(17)18(19)20/h10-15H,2-9H2,1H3,(H,19,20). The molecule has 0 atom stereocenters. The molecule has 116 valence electrons. The summed E-state index contributed by atoms with van der Waals surface area (Å²) in [6, 6.07) is 6.67. The molecule has 1 aromatic carbocycles. The van der Waals surface area contributed by atoms with Crippen molar-refractivity contribution < 1.29 is 14.6 Å². The zero-order chi connectivity index (χ0) is 15.3. The number of carboxylic acid groups (broad SMARTS) is 1. The van der Waals surface area contributed by atoms with Gasteiger partial charge in [-0.15, -0.1) is 0 Å². The van der Waals surface area contributed by atoms with Gasteiger partial charge in [0.25, 0.3) is 0 Å². The van der Waals surface area contributed by atoms with E-state index in [0.29, 0.717) is 5.75 Å². The summed E-state index contributed by atoms with van der Waals surface area (Å²) >= 11 is 0. The second-order valence-electron chi connectivity index (χ2n) is 5.20. The van der Waals surface area contributed by atoms with Crippen LogP contribution in [0.3, 0.4) is 0 Å². The van der Waals surface area contributed by atoms with E-state index in [1.807, 2.05) is 6.08 Å². The zero-order valence-electron chi connectivity index (χ0n) is 12.9. The third kappa shape index (κ3) is 7.54. The Labute approximate surface area is 127 Å². The Hall–Kier alpha value is -1.77. The van der Waals surface area contributed by atoms with Crippen molar-refractivity contribution in [3.05, 3.63) is 42.2 Å². The summed E-state index contributed by atoms with van der Waals surface area (Å²) in [6.07, 6.45) is 13.6. The maximum absolute atomic E-state index is 11.0. The van der Waals surface area contributed by atoms with Crippen LogP contribution in [0.25, 0.3) is 0 Å². The minimum absolute atomic E-state index is 0.193. The van der Waals surface area contributed by atoms with Crippen LogP contribution in [0.2, 0.25) is 0 Å². The topological polar surface area (TPSA) is 46.5 Å². The fraction of sp³-hybridized carbons (Fsp3) is 0.500. The van der Waals surface area contributed by atoms with E-state index in [4.69, 9.17) is 9.84 Å². The Kier molecular flexibility index (Phi) is 9.01. The molecule has 21 heavy (non-hydrogen) atoms. The van der Waals surface area contributed by atoms with Gasteiger partial charge in [0.05, 0.1) is 6.26 Å². The second kappa shape index (κ2) is 11.0. The van der Waals surface area contributed by atoms with Crippen LogP contribution < -0.4 is 4.74 Å². The third-order valence-electron chi connectivity index (χ3n) is 3.38. The van der Waals surface area contributed by atoms with E-state index < -0.39 is 5.97 Å². The molecule has 0 radical (unpaired) electrons. The average molecular weight is 290 g/mol. The van der Waals surface area contributed by atoms with E-state index in [0.717, 1.165) is 12.8 Å². The maximum Gasteiger partial charge on any atom is 0.339 e. The SMILES string of the molecule is CCCCCCCCCC=COc1ccccc1C(=O)O. The maximum atomic E-state index is 11.0. The molecule has 0 aliphatic carbocycles. The molecule has 0 saturated carbocycles. The van der Waals surface area contributed by atoms with Crippen LogP contribution in [0.4, 0.5) is 0 Å². The molecule has 1 N–H and O–H groups in total. The highest BCUT2D eigenvalue weighted by molar-refractivity contribution is 5.90. The summed E-state index contributed by atoms with van der Waals surface area (Å²) in [5.74, 6) is -0.577. The fourth-order valence-electron chi connectivity index (χ4n) is 2.15. The highest BCUT2D eigenvalue weighted by Gasteiger charge is 2.08. The van der Waals surface area contributed by atoms with Gasteiger partial charge < -0.3 is 9.84 Å². The highest BCUT2D eigenvalue weighted by Crippen LogP contribution is 2.18. The largest absolute Gasteiger partial charge is 0.478 e. The van der Waals surface area contributed by atoms with E-state index >= 15 is 0 Å². The van der Waals surface area contributed by atoms with Crippen molar-refractivity contribution in [3.8, 4) is 5.75 Å². The summed E-state index contributed by atoms with van der Waals surface area (Å²) in [7, 11) is 0. The zero-order valence-corrected chi connectivity index (χ0v) is 12.9. The molecule has 3 heteroatoms. The Morgan fingerprint density at radius 2 is 1.76 bits per heavy atom. The molecule has 0 spiro atoms. The van der Waals surface area contributed by atoms with Crippen molar-refractivity contribution in [2.24, 2.45) is 0 Å². The molecule has 0 heterocycles. The van der Waals surface area contributed by atoms with Gasteiger partial charge in [-0.25, -0.2) is 4.79 Å². The van der Waals surface area contributed by atoms with Gasteiger partial charge in [0.15, 0.2) is 0 Å². The van der Waals surface area contributed by atoms with E-state index in [-0.39, 0.29) is 5.56 Å². The monoisotopic (exact) mass is 290 g/mol. The van der Waals surface area contributed by atoms with E-state index in [1.165, 1.54) is 38.5 Å². The predicted molar refractivity (Wildman–Crippen MR) is 85.8 cm³/mol. The Morgan fingerprint density at radius 1 is 1.10 bits per heavy atom. The van der Waals surface area contributed by atoms with Crippen molar-refractivity contribution in [3.63, 3.8) is 0 Å². The van der Waals surface area contributed by atoms with Crippen LogP contribution in [-0.4, -0.2) is 11.1 Å². The Balaban J connectivity index is 2.16. The molecular weight excluding hydrogens is 264 g/mol. The molecule has 0 aliphatic heterocycles. The van der Waals surface area contributed by atoms with Crippen LogP contribution in [0.15, 0.2) is 36.6 Å². The fourth-order valence-corrected chi connectivity index (χ4v) is 2.15. The number of hydrogen-bond donors (Lipinski definition) is 1. The van der Waals surface area contributed by atoms with Gasteiger partial charge in [-0.1, -0.05) is 57.6 Å². The van der Waals surface area contributed by atoms with Crippen molar-refractivity contribution in [2.45, 2.75) is 58.3 Å². The van der Waals surface area contributed by atoms with Crippen molar-refractivity contribution >= 4 is 5.97 Å². The first-order valence-electron chi connectivity index (χ1n) is 7.89. The lowest BCUT2D eigenvalue weighted by Gasteiger charge is -2.04. The number of unbranched alkanes of at least 4 members (excludes halogenated alkanes) is 7. The molecule has 1 rings (SSSR count). The van der Waals surface area contributed by atoms with Crippen molar-refractivity contribution in [1.29, 1.82) is 0 Å². The number of hydrogen-bond acceptors (Lipinski definition) is 2. The van der Waals surface area contributed by atoms with Gasteiger partial charge in [-0.3, -0.25) is 0 Å². The summed E-state index contributed by atoms with van der Waals surface area (Å²) < 4.78 is 5.40. The lowest BCUT2D eigenvalue weighted by atomic mass is 10.1. The van der Waals surface area contributed by atoms with Gasteiger partial charge in [0.2, 0.25) is 0 Å². The Bertz CT molecular complexity index is 438. The van der Waals surface area contributed by atoms with Crippen LogP contribution in [0, 0.1) is 0 Å². The molecule has 0 saturated heterocycles. The molecule has 0 aliphatic rings. The number of carbonyl (C=O) groups is 1. The minimum Gasteiger partial charge on any atom is -0.478 e. The van der Waals surface area contributed by atoms with E-state index in [2.05, 4.69) is 6.92 Å². The minimum atomic E-state index is -0.967. The molecular formula is C18H26O3. The number of allylic oxidation sites excluding steroid dienone is 1. The first-order valence-corrected chi connectivity index (χ1v) is 7.89. The predicted octanol–water partition coefficient (Wildman–Crippen LogP) is 5.42. The average Bonchev–Trinajstić information content (AvgIpc) is 2.49. The first-order chi connectivity index (χ1) is 10.3. The van der Waals surface area contributed by atoms with Gasteiger partial charge in [0.1, 0.15) is 11.3 Å². The number of para-hydroxylation sites is 1. The normalized spacial score (nSPS) is 10.9. The van der Waals surface area contributed by atoms with Gasteiger partial charge in [-0.05, 0) is 31.1 Å². The van der Waals surface area contributed by atoms with Crippen LogP contribution >= 0.6 is 0 Å². The van der Waals surface area contributed by atoms with Gasteiger partial charge in [0, 0.05) is 0 Å². The first kappa shape index (κ1) is 17.3. The summed E-state index contributed by atoms with van der Waals surface area (Å²) in [4.78, 5) is 11.0. The van der Waals surface area contributed by atoms with Crippen molar-refractivity contribution in [1.82, 2.24) is 0 Å². The number of aromatic carboxylic acids is 1. The quantitative estimate of drug-likeness (QED) is 0.437. The lowest BCUT2D eigenvalue weighted by molar-refractivity contribution is 0.0694. The lowest BCUT2D eigenvalue weighted by Crippen LogP contribution is -1.99. The van der Waals surface area contributed by atoms with Gasteiger partial charge >= 0.3 is 5.97 Å². The van der Waals surface area contributed by atoms with Crippen molar-refractivity contribution in [2.75, 3.05) is 0 Å². The van der Waals surface area contributed by atoms with Crippen LogP contribution in [0.5, 0.6) is 5.75 Å².